The lowest BCUT2D eigenvalue weighted by atomic mass is 9.95. The lowest BCUT2D eigenvalue weighted by Crippen LogP contribution is -2.47. The fourth-order valence-corrected chi connectivity index (χ4v) is 4.65. The largest absolute Gasteiger partial charge is 0.366 e. The topological polar surface area (TPSA) is 76.3 Å². The first-order chi connectivity index (χ1) is 16.8. The highest BCUT2D eigenvalue weighted by Crippen LogP contribution is 2.25. The van der Waals surface area contributed by atoms with Crippen LogP contribution < -0.4 is 21.5 Å². The average Bonchev–Trinajstić information content (AvgIpc) is 2.84. The van der Waals surface area contributed by atoms with E-state index in [1.165, 1.54) is 28.8 Å². The first kappa shape index (κ1) is 24.4. The van der Waals surface area contributed by atoms with Crippen molar-refractivity contribution in [3.63, 3.8) is 0 Å². The highest BCUT2D eigenvalue weighted by molar-refractivity contribution is 5.92. The smallest absolute Gasteiger partial charge is 0.335 e. The molecule has 0 aliphatic carbocycles. The van der Waals surface area contributed by atoms with Crippen LogP contribution in [0.15, 0.2) is 64.2 Å². The summed E-state index contributed by atoms with van der Waals surface area (Å²) in [6.45, 7) is 7.12. The summed E-state index contributed by atoms with van der Waals surface area (Å²) in [5, 5.41) is 2.85. The molecule has 35 heavy (non-hydrogen) atoms. The number of amides is 1. The number of anilines is 2. The number of aromatic nitrogens is 2. The van der Waals surface area contributed by atoms with Crippen LogP contribution >= 0.6 is 0 Å². The number of piperidine rings is 1. The van der Waals surface area contributed by atoms with Crippen molar-refractivity contribution < 1.29 is 9.18 Å². The highest BCUT2D eigenvalue weighted by Gasteiger charge is 2.29. The van der Waals surface area contributed by atoms with E-state index in [0.29, 0.717) is 55.2 Å². The van der Waals surface area contributed by atoms with Crippen molar-refractivity contribution in [1.82, 2.24) is 9.13 Å². The number of halogens is 1. The second-order valence-corrected chi connectivity index (χ2v) is 9.45. The minimum Gasteiger partial charge on any atom is -0.366 e. The van der Waals surface area contributed by atoms with E-state index < -0.39 is 0 Å². The third kappa shape index (κ3) is 5.21. The third-order valence-corrected chi connectivity index (χ3v) is 6.40. The Morgan fingerprint density at radius 3 is 2.26 bits per heavy atom. The molecule has 0 spiro atoms. The Bertz CT molecular complexity index is 1310. The number of carbonyl (C=O) groups is 1. The second-order valence-electron chi connectivity index (χ2n) is 9.45. The van der Waals surface area contributed by atoms with Crippen molar-refractivity contribution in [2.24, 2.45) is 11.8 Å². The zero-order valence-electron chi connectivity index (χ0n) is 20.3. The lowest BCUT2D eigenvalue weighted by Gasteiger charge is -2.34. The predicted molar refractivity (Wildman–Crippen MR) is 136 cm³/mol. The van der Waals surface area contributed by atoms with E-state index in [1.807, 2.05) is 49.1 Å². The maximum absolute atomic E-state index is 13.5. The summed E-state index contributed by atoms with van der Waals surface area (Å²) in [5.74, 6) is -0.554. The van der Waals surface area contributed by atoms with Gasteiger partial charge in [-0.25, -0.2) is 9.18 Å². The van der Waals surface area contributed by atoms with Crippen molar-refractivity contribution in [2.75, 3.05) is 23.3 Å². The molecule has 2 heterocycles. The van der Waals surface area contributed by atoms with Crippen LogP contribution in [0, 0.1) is 24.6 Å². The fraction of sp³-hybridized carbons (Fsp3) is 0.370. The van der Waals surface area contributed by atoms with E-state index in [4.69, 9.17) is 0 Å². The van der Waals surface area contributed by atoms with Gasteiger partial charge in [0.05, 0.1) is 11.4 Å². The molecule has 1 saturated heterocycles. The van der Waals surface area contributed by atoms with Crippen LogP contribution in [0.1, 0.15) is 32.4 Å². The molecule has 0 saturated carbocycles. The molecule has 1 fully saturated rings. The summed E-state index contributed by atoms with van der Waals surface area (Å²) in [6, 6.07) is 15.0. The molecule has 0 unspecified atom stereocenters. The molecule has 4 rings (SSSR count). The molecule has 1 aromatic heterocycles. The van der Waals surface area contributed by atoms with Gasteiger partial charge < -0.3 is 10.2 Å². The summed E-state index contributed by atoms with van der Waals surface area (Å²) in [5.41, 5.74) is 1.74. The monoisotopic (exact) mass is 478 g/mol. The molecule has 2 aromatic carbocycles. The summed E-state index contributed by atoms with van der Waals surface area (Å²) in [7, 11) is 0. The molecule has 1 amide bonds. The van der Waals surface area contributed by atoms with Gasteiger partial charge in [0, 0.05) is 31.2 Å². The van der Waals surface area contributed by atoms with Gasteiger partial charge in [-0.15, -0.1) is 0 Å². The van der Waals surface area contributed by atoms with E-state index in [0.717, 1.165) is 0 Å². The minimum absolute atomic E-state index is 0.112. The number of carbonyl (C=O) groups excluding carboxylic acids is 1. The summed E-state index contributed by atoms with van der Waals surface area (Å²) >= 11 is 0. The van der Waals surface area contributed by atoms with Gasteiger partial charge in [-0.2, -0.15) is 0 Å². The molecule has 0 bridgehead atoms. The molecular weight excluding hydrogens is 447 g/mol. The van der Waals surface area contributed by atoms with Crippen LogP contribution in [0.3, 0.4) is 0 Å². The van der Waals surface area contributed by atoms with Crippen LogP contribution in [0.25, 0.3) is 5.69 Å². The standard InChI is InChI=1S/C27H31FN4O3/c1-18(2)17-31-26(34)24(19(3)32(27(31)35)23-7-5-4-6-8-23)30-15-13-20(14-16-30)25(33)29-22-11-9-21(28)10-12-22/h4-12,18,20H,13-17H2,1-3H3,(H,29,33). The molecule has 0 atom stereocenters. The van der Waals surface area contributed by atoms with Gasteiger partial charge in [0.1, 0.15) is 11.5 Å². The fourth-order valence-electron chi connectivity index (χ4n) is 4.65. The van der Waals surface area contributed by atoms with E-state index in [2.05, 4.69) is 5.32 Å². The number of benzene rings is 2. The Labute approximate surface area is 203 Å². The lowest BCUT2D eigenvalue weighted by molar-refractivity contribution is -0.120. The predicted octanol–water partition coefficient (Wildman–Crippen LogP) is 3.96. The van der Waals surface area contributed by atoms with Gasteiger partial charge in [0.15, 0.2) is 0 Å². The van der Waals surface area contributed by atoms with Gasteiger partial charge in [-0.05, 0) is 62.1 Å². The van der Waals surface area contributed by atoms with Crippen LogP contribution in [-0.2, 0) is 11.3 Å². The van der Waals surface area contributed by atoms with Crippen LogP contribution in [-0.4, -0.2) is 28.1 Å². The quantitative estimate of drug-likeness (QED) is 0.582. The molecular formula is C27H31FN4O3. The molecule has 184 valence electrons. The Morgan fingerprint density at radius 2 is 1.66 bits per heavy atom. The average molecular weight is 479 g/mol. The number of rotatable bonds is 6. The Morgan fingerprint density at radius 1 is 1.03 bits per heavy atom. The van der Waals surface area contributed by atoms with Crippen LogP contribution in [0.5, 0.6) is 0 Å². The summed E-state index contributed by atoms with van der Waals surface area (Å²) in [4.78, 5) is 41.6. The summed E-state index contributed by atoms with van der Waals surface area (Å²) < 4.78 is 16.1. The first-order valence-electron chi connectivity index (χ1n) is 12.0. The first-order valence-corrected chi connectivity index (χ1v) is 12.0. The van der Waals surface area contributed by atoms with E-state index in [-0.39, 0.29) is 34.8 Å². The number of hydrogen-bond acceptors (Lipinski definition) is 4. The molecule has 8 heteroatoms. The van der Waals surface area contributed by atoms with Gasteiger partial charge >= 0.3 is 5.69 Å². The Balaban J connectivity index is 1.61. The van der Waals surface area contributed by atoms with Gasteiger partial charge in [-0.3, -0.25) is 18.7 Å². The minimum atomic E-state index is -0.355. The number of nitrogens with zero attached hydrogens (tertiary/aromatic N) is 3. The highest BCUT2D eigenvalue weighted by atomic mass is 19.1. The number of hydrogen-bond donors (Lipinski definition) is 1. The van der Waals surface area contributed by atoms with Crippen molar-refractivity contribution >= 4 is 17.3 Å². The Hall–Kier alpha value is -3.68. The molecule has 1 aliphatic heterocycles. The van der Waals surface area contributed by atoms with Crippen molar-refractivity contribution in [1.29, 1.82) is 0 Å². The molecule has 1 aliphatic rings. The van der Waals surface area contributed by atoms with E-state index >= 15 is 0 Å². The van der Waals surface area contributed by atoms with Crippen molar-refractivity contribution in [2.45, 2.75) is 40.2 Å². The number of nitrogens with one attached hydrogen (secondary N) is 1. The van der Waals surface area contributed by atoms with Crippen LogP contribution in [0.2, 0.25) is 0 Å². The van der Waals surface area contributed by atoms with E-state index in [1.54, 1.807) is 11.5 Å². The summed E-state index contributed by atoms with van der Waals surface area (Å²) in [6.07, 6.45) is 1.14. The maximum atomic E-state index is 13.5. The van der Waals surface area contributed by atoms with Gasteiger partial charge in [0.2, 0.25) is 5.91 Å². The molecule has 1 N–H and O–H groups in total. The maximum Gasteiger partial charge on any atom is 0.335 e. The van der Waals surface area contributed by atoms with Crippen molar-refractivity contribution in [3.8, 4) is 5.69 Å². The SMILES string of the molecule is Cc1c(N2CCC(C(=O)Nc3ccc(F)cc3)CC2)c(=O)n(CC(C)C)c(=O)n1-c1ccccc1. The normalized spacial score (nSPS) is 14.4. The Kier molecular flexibility index (Phi) is 7.19. The molecule has 0 radical (unpaired) electrons. The van der Waals surface area contributed by atoms with Gasteiger partial charge in [0.25, 0.3) is 5.56 Å². The third-order valence-electron chi connectivity index (χ3n) is 6.40. The number of para-hydroxylation sites is 1. The zero-order valence-corrected chi connectivity index (χ0v) is 20.3. The van der Waals surface area contributed by atoms with Crippen LogP contribution in [0.4, 0.5) is 15.8 Å². The zero-order chi connectivity index (χ0) is 25.1. The van der Waals surface area contributed by atoms with Crippen molar-refractivity contribution in [3.05, 3.63) is 86.9 Å². The molecule has 3 aromatic rings. The van der Waals surface area contributed by atoms with Gasteiger partial charge in [-0.1, -0.05) is 32.0 Å². The van der Waals surface area contributed by atoms with E-state index in [9.17, 15) is 18.8 Å². The molecule has 7 nitrogen and oxygen atoms in total. The second kappa shape index (κ2) is 10.3.